The van der Waals surface area contributed by atoms with E-state index in [0.29, 0.717) is 0 Å². The normalized spacial score (nSPS) is 22.3. The molecule has 0 aliphatic carbocycles. The predicted molar refractivity (Wildman–Crippen MR) is 65.8 cm³/mol. The van der Waals surface area contributed by atoms with Crippen molar-refractivity contribution in [3.05, 3.63) is 32.1 Å². The van der Waals surface area contributed by atoms with Gasteiger partial charge in [-0.25, -0.2) is 4.79 Å². The summed E-state index contributed by atoms with van der Waals surface area (Å²) >= 11 is 6.75. The van der Waals surface area contributed by atoms with E-state index in [4.69, 9.17) is 16.3 Å². The van der Waals surface area contributed by atoms with Crippen LogP contribution in [-0.2, 0) is 4.74 Å². The summed E-state index contributed by atoms with van der Waals surface area (Å²) in [4.78, 5) is 23.7. The Morgan fingerprint density at radius 3 is 2.78 bits per heavy atom. The molecule has 0 spiro atoms. The van der Waals surface area contributed by atoms with Crippen LogP contribution in [0.3, 0.4) is 0 Å². The summed E-state index contributed by atoms with van der Waals surface area (Å²) in [7, 11) is 0. The van der Waals surface area contributed by atoms with Crippen LogP contribution < -0.4 is 11.2 Å². The molecule has 1 atom stereocenters. The average Bonchev–Trinajstić information content (AvgIpc) is 2.79. The van der Waals surface area contributed by atoms with E-state index in [1.54, 1.807) is 0 Å². The molecule has 1 aliphatic heterocycles. The quantitative estimate of drug-likeness (QED) is 0.670. The number of nitrogens with zero attached hydrogens (tertiary/aromatic N) is 1. The molecule has 1 saturated heterocycles. The molecular weight excluding hydrogens is 284 g/mol. The van der Waals surface area contributed by atoms with E-state index in [1.165, 1.54) is 10.8 Å². The Balaban J connectivity index is 2.33. The van der Waals surface area contributed by atoms with Gasteiger partial charge in [0.25, 0.3) is 5.56 Å². The maximum atomic E-state index is 11.6. The molecule has 0 radical (unpaired) electrons. The third-order valence-electron chi connectivity index (χ3n) is 2.56. The summed E-state index contributed by atoms with van der Waals surface area (Å²) in [5.74, 6) is 0. The molecule has 0 unspecified atom stereocenters. The maximum Gasteiger partial charge on any atom is 0.329 e. The van der Waals surface area contributed by atoms with Gasteiger partial charge in [0.1, 0.15) is 10.4 Å². The number of hydrogen-bond donors (Lipinski definition) is 3. The lowest BCUT2D eigenvalue weighted by atomic mass is 10.4. The zero-order valence-corrected chi connectivity index (χ0v) is 10.7. The second-order valence-electron chi connectivity index (χ2n) is 3.75. The molecule has 9 heteroatoms. The van der Waals surface area contributed by atoms with Gasteiger partial charge < -0.3 is 14.9 Å². The van der Waals surface area contributed by atoms with E-state index in [9.17, 15) is 19.8 Å². The first kappa shape index (κ1) is 13.6. The molecule has 0 aromatic carbocycles. The SMILES string of the molecule is O=c1[nH]c(=O)n([C@H]2COC(CO)(CO)S2)cc1Cl. The number of thioether (sulfide) groups is 1. The Morgan fingerprint density at radius 2 is 2.22 bits per heavy atom. The van der Waals surface area contributed by atoms with Crippen LogP contribution in [0.5, 0.6) is 0 Å². The monoisotopic (exact) mass is 294 g/mol. The highest BCUT2D eigenvalue weighted by molar-refractivity contribution is 8.00. The Hall–Kier alpha value is -0.800. The number of halogens is 1. The van der Waals surface area contributed by atoms with Crippen molar-refractivity contribution >= 4 is 23.4 Å². The van der Waals surface area contributed by atoms with E-state index < -0.39 is 21.6 Å². The molecule has 0 saturated carbocycles. The summed E-state index contributed by atoms with van der Waals surface area (Å²) in [6.45, 7) is -0.638. The number of aromatic nitrogens is 2. The van der Waals surface area contributed by atoms with Gasteiger partial charge in [-0.05, 0) is 0 Å². The highest BCUT2D eigenvalue weighted by Crippen LogP contribution is 2.42. The first-order chi connectivity index (χ1) is 8.51. The standard InChI is InChI=1S/C9H11ClN2O5S/c10-5-1-12(8(16)11-7(5)15)6-2-17-9(3-13,4-14)18-6/h1,6,13-14H,2-4H2,(H,11,15,16)/t6-/m1/s1. The maximum absolute atomic E-state index is 11.6. The van der Waals surface area contributed by atoms with E-state index in [0.717, 1.165) is 11.8 Å². The van der Waals surface area contributed by atoms with E-state index in [1.807, 2.05) is 0 Å². The number of nitrogens with one attached hydrogen (secondary N) is 1. The third-order valence-corrected chi connectivity index (χ3v) is 4.27. The molecule has 1 aromatic heterocycles. The van der Waals surface area contributed by atoms with Crippen molar-refractivity contribution in [3.63, 3.8) is 0 Å². The van der Waals surface area contributed by atoms with Crippen LogP contribution in [0.15, 0.2) is 15.8 Å². The lowest BCUT2D eigenvalue weighted by Gasteiger charge is -2.22. The van der Waals surface area contributed by atoms with Gasteiger partial charge in [0.15, 0.2) is 4.93 Å². The van der Waals surface area contributed by atoms with Crippen LogP contribution in [0.4, 0.5) is 0 Å². The van der Waals surface area contributed by atoms with Crippen LogP contribution >= 0.6 is 23.4 Å². The molecule has 0 bridgehead atoms. The van der Waals surface area contributed by atoms with Crippen molar-refractivity contribution in [3.8, 4) is 0 Å². The number of aliphatic hydroxyl groups excluding tert-OH is 2. The molecule has 100 valence electrons. The van der Waals surface area contributed by atoms with Crippen molar-refractivity contribution in [2.45, 2.75) is 10.3 Å². The molecule has 7 nitrogen and oxygen atoms in total. The van der Waals surface area contributed by atoms with E-state index in [-0.39, 0.29) is 24.8 Å². The highest BCUT2D eigenvalue weighted by atomic mass is 35.5. The number of hydrogen-bond acceptors (Lipinski definition) is 6. The van der Waals surface area contributed by atoms with Gasteiger partial charge in [-0.2, -0.15) is 0 Å². The van der Waals surface area contributed by atoms with Crippen molar-refractivity contribution < 1.29 is 14.9 Å². The van der Waals surface area contributed by atoms with Gasteiger partial charge >= 0.3 is 5.69 Å². The van der Waals surface area contributed by atoms with Gasteiger partial charge in [0.05, 0.1) is 19.8 Å². The molecule has 1 aromatic rings. The van der Waals surface area contributed by atoms with Crippen LogP contribution in [0.25, 0.3) is 0 Å². The van der Waals surface area contributed by atoms with Crippen molar-refractivity contribution in [2.24, 2.45) is 0 Å². The fourth-order valence-corrected chi connectivity index (χ4v) is 2.91. The van der Waals surface area contributed by atoms with Crippen molar-refractivity contribution in [2.75, 3.05) is 19.8 Å². The Labute approximate surface area is 110 Å². The second-order valence-corrected chi connectivity index (χ2v) is 5.69. The van der Waals surface area contributed by atoms with Gasteiger partial charge in [0, 0.05) is 6.20 Å². The fourth-order valence-electron chi connectivity index (χ4n) is 1.57. The summed E-state index contributed by atoms with van der Waals surface area (Å²) < 4.78 is 6.51. The average molecular weight is 295 g/mol. The minimum absolute atomic E-state index is 0.110. The molecule has 2 heterocycles. The number of aromatic amines is 1. The molecular formula is C9H11ClN2O5S. The lowest BCUT2D eigenvalue weighted by molar-refractivity contribution is -0.0330. The summed E-state index contributed by atoms with van der Waals surface area (Å²) in [5, 5.41) is 17.8. The van der Waals surface area contributed by atoms with Crippen molar-refractivity contribution in [1.29, 1.82) is 0 Å². The summed E-state index contributed by atoms with van der Waals surface area (Å²) in [6, 6.07) is 0. The molecule has 0 amide bonds. The number of rotatable bonds is 3. The second kappa shape index (κ2) is 5.06. The van der Waals surface area contributed by atoms with Gasteiger partial charge in [-0.1, -0.05) is 23.4 Å². The predicted octanol–water partition coefficient (Wildman–Crippen LogP) is -0.867. The van der Waals surface area contributed by atoms with Gasteiger partial charge in [-0.3, -0.25) is 14.3 Å². The first-order valence-electron chi connectivity index (χ1n) is 5.06. The fraction of sp³-hybridized carbons (Fsp3) is 0.556. The minimum Gasteiger partial charge on any atom is -0.392 e. The number of aliphatic hydroxyl groups is 2. The molecule has 1 fully saturated rings. The first-order valence-corrected chi connectivity index (χ1v) is 6.31. The topological polar surface area (TPSA) is 105 Å². The van der Waals surface area contributed by atoms with Gasteiger partial charge in [-0.15, -0.1) is 0 Å². The molecule has 3 N–H and O–H groups in total. The Bertz CT molecular complexity index is 553. The van der Waals surface area contributed by atoms with Crippen molar-refractivity contribution in [1.82, 2.24) is 9.55 Å². The van der Waals surface area contributed by atoms with Crippen LogP contribution in [0.1, 0.15) is 5.37 Å². The molecule has 2 rings (SSSR count). The van der Waals surface area contributed by atoms with Crippen LogP contribution in [-0.4, -0.2) is 44.5 Å². The van der Waals surface area contributed by atoms with E-state index >= 15 is 0 Å². The zero-order valence-electron chi connectivity index (χ0n) is 9.13. The summed E-state index contributed by atoms with van der Waals surface area (Å²) in [5.41, 5.74) is -1.27. The highest BCUT2D eigenvalue weighted by Gasteiger charge is 2.41. The molecule has 18 heavy (non-hydrogen) atoms. The van der Waals surface area contributed by atoms with Crippen LogP contribution in [0, 0.1) is 0 Å². The minimum atomic E-state index is -1.13. The third kappa shape index (κ3) is 2.34. The Morgan fingerprint density at radius 1 is 1.56 bits per heavy atom. The lowest BCUT2D eigenvalue weighted by Crippen LogP contribution is -2.34. The van der Waals surface area contributed by atoms with Gasteiger partial charge in [0.2, 0.25) is 0 Å². The summed E-state index contributed by atoms with van der Waals surface area (Å²) in [6.07, 6.45) is 1.22. The Kier molecular flexibility index (Phi) is 3.83. The van der Waals surface area contributed by atoms with E-state index in [2.05, 4.69) is 4.98 Å². The largest absolute Gasteiger partial charge is 0.392 e. The number of ether oxygens (including phenoxy) is 1. The smallest absolute Gasteiger partial charge is 0.329 e. The van der Waals surface area contributed by atoms with Crippen LogP contribution in [0.2, 0.25) is 5.02 Å². The zero-order chi connectivity index (χ0) is 13.3. The molecule has 1 aliphatic rings. The number of H-pyrrole nitrogens is 1.